The lowest BCUT2D eigenvalue weighted by Gasteiger charge is -2.16. The molecular weight excluding hydrogens is 279 g/mol. The minimum atomic E-state index is -3.94. The molecule has 0 amide bonds. The van der Waals surface area contributed by atoms with Crippen molar-refractivity contribution in [3.05, 3.63) is 29.0 Å². The average molecular weight is 295 g/mol. The largest absolute Gasteiger partial charge is 0.329 e. The summed E-state index contributed by atoms with van der Waals surface area (Å²) in [4.78, 5) is -0.454. The minimum absolute atomic E-state index is 0.162. The topological polar surface area (TPSA) is 72.2 Å². The van der Waals surface area contributed by atoms with Crippen LogP contribution in [-0.2, 0) is 10.0 Å². The molecule has 7 heteroatoms. The van der Waals surface area contributed by atoms with Crippen LogP contribution in [0.2, 0.25) is 5.02 Å². The summed E-state index contributed by atoms with van der Waals surface area (Å²) >= 11 is 5.56. The quantitative estimate of drug-likeness (QED) is 0.841. The van der Waals surface area contributed by atoms with Crippen molar-refractivity contribution < 1.29 is 12.8 Å². The molecule has 0 aromatic heterocycles. The van der Waals surface area contributed by atoms with Gasteiger partial charge in [-0.3, -0.25) is 0 Å². The van der Waals surface area contributed by atoms with Gasteiger partial charge < -0.3 is 5.73 Å². The Bertz CT molecular complexity index is 508. The Morgan fingerprint density at radius 1 is 1.50 bits per heavy atom. The molecule has 0 heterocycles. The molecule has 0 spiro atoms. The van der Waals surface area contributed by atoms with E-state index >= 15 is 0 Å². The molecule has 1 atom stereocenters. The number of hydrogen-bond donors (Lipinski definition) is 2. The summed E-state index contributed by atoms with van der Waals surface area (Å²) in [7, 11) is -3.94. The normalized spacial score (nSPS) is 13.6. The predicted octanol–water partition coefficient (Wildman–Crippen LogP) is 1.88. The maximum absolute atomic E-state index is 13.7. The van der Waals surface area contributed by atoms with E-state index in [1.807, 2.05) is 6.92 Å². The molecule has 4 nitrogen and oxygen atoms in total. The maximum Gasteiger partial charge on any atom is 0.243 e. The molecule has 102 valence electrons. The van der Waals surface area contributed by atoms with Crippen molar-refractivity contribution in [2.24, 2.45) is 5.73 Å². The molecule has 0 fully saturated rings. The first kappa shape index (κ1) is 15.4. The second kappa shape index (κ2) is 6.47. The van der Waals surface area contributed by atoms with E-state index in [0.717, 1.165) is 6.42 Å². The third kappa shape index (κ3) is 3.65. The third-order valence-electron chi connectivity index (χ3n) is 2.45. The van der Waals surface area contributed by atoms with Gasteiger partial charge in [-0.25, -0.2) is 17.5 Å². The van der Waals surface area contributed by atoms with Crippen molar-refractivity contribution in [2.45, 2.75) is 30.7 Å². The zero-order chi connectivity index (χ0) is 13.8. The number of hydrogen-bond acceptors (Lipinski definition) is 3. The van der Waals surface area contributed by atoms with Crippen LogP contribution in [0.5, 0.6) is 0 Å². The molecular formula is C11H16ClFN2O2S. The van der Waals surface area contributed by atoms with E-state index in [4.69, 9.17) is 17.3 Å². The van der Waals surface area contributed by atoms with Gasteiger partial charge in [-0.15, -0.1) is 0 Å². The molecule has 3 N–H and O–H groups in total. The van der Waals surface area contributed by atoms with Crippen molar-refractivity contribution in [3.8, 4) is 0 Å². The number of halogens is 2. The van der Waals surface area contributed by atoms with Crippen molar-refractivity contribution >= 4 is 21.6 Å². The van der Waals surface area contributed by atoms with Crippen LogP contribution in [0.15, 0.2) is 23.1 Å². The highest BCUT2D eigenvalue weighted by Crippen LogP contribution is 2.22. The highest BCUT2D eigenvalue weighted by atomic mass is 35.5. The van der Waals surface area contributed by atoms with Crippen LogP contribution in [-0.4, -0.2) is 21.0 Å². The lowest BCUT2D eigenvalue weighted by molar-refractivity contribution is 0.518. The van der Waals surface area contributed by atoms with E-state index < -0.39 is 26.8 Å². The van der Waals surface area contributed by atoms with E-state index in [0.29, 0.717) is 6.42 Å². The Morgan fingerprint density at radius 3 is 2.72 bits per heavy atom. The first-order valence-corrected chi connectivity index (χ1v) is 7.45. The summed E-state index contributed by atoms with van der Waals surface area (Å²) in [6, 6.07) is 3.45. The fourth-order valence-electron chi connectivity index (χ4n) is 1.55. The van der Waals surface area contributed by atoms with Gasteiger partial charge in [-0.2, -0.15) is 0 Å². The summed E-state index contributed by atoms with van der Waals surface area (Å²) in [5.41, 5.74) is 5.47. The summed E-state index contributed by atoms with van der Waals surface area (Å²) in [6.45, 7) is 2.08. The fourth-order valence-corrected chi connectivity index (χ4v) is 3.16. The van der Waals surface area contributed by atoms with Gasteiger partial charge >= 0.3 is 0 Å². The second-order valence-corrected chi connectivity index (χ2v) is 5.98. The maximum atomic E-state index is 13.7. The number of benzene rings is 1. The fraction of sp³-hybridized carbons (Fsp3) is 0.455. The lowest BCUT2D eigenvalue weighted by atomic mass is 10.2. The van der Waals surface area contributed by atoms with Crippen LogP contribution in [0.25, 0.3) is 0 Å². The molecule has 1 unspecified atom stereocenters. The van der Waals surface area contributed by atoms with Crippen molar-refractivity contribution in [3.63, 3.8) is 0 Å². The SMILES string of the molecule is CCCC(CN)NS(=O)(=O)c1cccc(Cl)c1F. The third-order valence-corrected chi connectivity index (χ3v) is 4.28. The highest BCUT2D eigenvalue weighted by molar-refractivity contribution is 7.89. The molecule has 0 saturated heterocycles. The monoisotopic (exact) mass is 294 g/mol. The van der Waals surface area contributed by atoms with Crippen LogP contribution < -0.4 is 10.5 Å². The smallest absolute Gasteiger partial charge is 0.243 e. The van der Waals surface area contributed by atoms with E-state index in [2.05, 4.69) is 4.72 Å². The van der Waals surface area contributed by atoms with Gasteiger partial charge in [0.05, 0.1) is 5.02 Å². The molecule has 1 aromatic rings. The molecule has 0 aliphatic rings. The van der Waals surface area contributed by atoms with Gasteiger partial charge in [0.2, 0.25) is 10.0 Å². The molecule has 0 saturated carbocycles. The minimum Gasteiger partial charge on any atom is -0.329 e. The Morgan fingerprint density at radius 2 is 2.17 bits per heavy atom. The number of nitrogens with one attached hydrogen (secondary N) is 1. The second-order valence-electron chi connectivity index (χ2n) is 3.89. The van der Waals surface area contributed by atoms with Crippen LogP contribution in [0.1, 0.15) is 19.8 Å². The average Bonchev–Trinajstić information content (AvgIpc) is 2.31. The summed E-state index contributed by atoms with van der Waals surface area (Å²) in [5.74, 6) is -0.945. The van der Waals surface area contributed by atoms with E-state index in [1.54, 1.807) is 0 Å². The van der Waals surface area contributed by atoms with E-state index in [1.165, 1.54) is 18.2 Å². The van der Waals surface area contributed by atoms with Crippen LogP contribution in [0.3, 0.4) is 0 Å². The first-order chi connectivity index (χ1) is 8.42. The van der Waals surface area contributed by atoms with E-state index in [-0.39, 0.29) is 11.6 Å². The van der Waals surface area contributed by atoms with Crippen molar-refractivity contribution in [1.29, 1.82) is 0 Å². The highest BCUT2D eigenvalue weighted by Gasteiger charge is 2.23. The molecule has 1 rings (SSSR count). The molecule has 0 bridgehead atoms. The van der Waals surface area contributed by atoms with Gasteiger partial charge in [0.1, 0.15) is 4.90 Å². The Hall–Kier alpha value is -0.690. The zero-order valence-electron chi connectivity index (χ0n) is 9.99. The Kier molecular flexibility index (Phi) is 5.52. The van der Waals surface area contributed by atoms with Gasteiger partial charge in [-0.1, -0.05) is 31.0 Å². The van der Waals surface area contributed by atoms with Crippen molar-refractivity contribution in [1.82, 2.24) is 4.72 Å². The molecule has 0 radical (unpaired) electrons. The molecule has 0 aliphatic heterocycles. The number of rotatable bonds is 6. The number of sulfonamides is 1. The van der Waals surface area contributed by atoms with Crippen LogP contribution in [0.4, 0.5) is 4.39 Å². The van der Waals surface area contributed by atoms with Crippen LogP contribution in [0, 0.1) is 5.82 Å². The van der Waals surface area contributed by atoms with Gasteiger partial charge in [0, 0.05) is 12.6 Å². The van der Waals surface area contributed by atoms with E-state index in [9.17, 15) is 12.8 Å². The molecule has 1 aromatic carbocycles. The predicted molar refractivity (Wildman–Crippen MR) is 69.5 cm³/mol. The molecule has 0 aliphatic carbocycles. The lowest BCUT2D eigenvalue weighted by Crippen LogP contribution is -2.40. The standard InChI is InChI=1S/C11H16ClFN2O2S/c1-2-4-8(7-14)15-18(16,17)10-6-3-5-9(12)11(10)13/h3,5-6,8,15H,2,4,7,14H2,1H3. The summed E-state index contributed by atoms with van der Waals surface area (Å²) < 4.78 is 40.0. The van der Waals surface area contributed by atoms with Gasteiger partial charge in [-0.05, 0) is 18.6 Å². The Labute approximate surface area is 111 Å². The van der Waals surface area contributed by atoms with Crippen molar-refractivity contribution in [2.75, 3.05) is 6.54 Å². The summed E-state index contributed by atoms with van der Waals surface area (Å²) in [5, 5.41) is -0.224. The van der Waals surface area contributed by atoms with Gasteiger partial charge in [0.15, 0.2) is 5.82 Å². The Balaban J connectivity index is 3.03. The zero-order valence-corrected chi connectivity index (χ0v) is 11.6. The van der Waals surface area contributed by atoms with Gasteiger partial charge in [0.25, 0.3) is 0 Å². The summed E-state index contributed by atoms with van der Waals surface area (Å²) in [6.07, 6.45) is 1.38. The number of nitrogens with two attached hydrogens (primary N) is 1. The first-order valence-electron chi connectivity index (χ1n) is 5.58. The van der Waals surface area contributed by atoms with Crippen LogP contribution >= 0.6 is 11.6 Å². The molecule has 18 heavy (non-hydrogen) atoms.